The lowest BCUT2D eigenvalue weighted by Gasteiger charge is -2.28. The van der Waals surface area contributed by atoms with Crippen LogP contribution in [-0.2, 0) is 9.84 Å². The van der Waals surface area contributed by atoms with Crippen molar-refractivity contribution in [1.82, 2.24) is 0 Å². The van der Waals surface area contributed by atoms with Gasteiger partial charge < -0.3 is 4.90 Å². The van der Waals surface area contributed by atoms with E-state index in [0.29, 0.717) is 17.6 Å². The molecular formula is C10H11BrFNO2S. The molecule has 1 aliphatic heterocycles. The Hall–Kier alpha value is -0.620. The van der Waals surface area contributed by atoms with Crippen LogP contribution in [0, 0.1) is 5.82 Å². The van der Waals surface area contributed by atoms with E-state index >= 15 is 0 Å². The third-order valence-electron chi connectivity index (χ3n) is 2.61. The van der Waals surface area contributed by atoms with Gasteiger partial charge in [-0.2, -0.15) is 0 Å². The number of rotatable bonds is 1. The Kier molecular flexibility index (Phi) is 3.21. The highest BCUT2D eigenvalue weighted by Gasteiger charge is 2.21. The number of sulfone groups is 1. The number of anilines is 1. The van der Waals surface area contributed by atoms with E-state index in [9.17, 15) is 12.8 Å². The van der Waals surface area contributed by atoms with E-state index < -0.39 is 9.84 Å². The van der Waals surface area contributed by atoms with Crippen LogP contribution in [0.4, 0.5) is 10.1 Å². The minimum atomic E-state index is -2.87. The summed E-state index contributed by atoms with van der Waals surface area (Å²) in [6.45, 7) is 0.945. The summed E-state index contributed by atoms with van der Waals surface area (Å²) in [5, 5.41) is 0. The van der Waals surface area contributed by atoms with Gasteiger partial charge in [0.05, 0.1) is 16.0 Å². The predicted molar refractivity (Wildman–Crippen MR) is 65.0 cm³/mol. The molecule has 0 aliphatic carbocycles. The molecule has 2 rings (SSSR count). The summed E-state index contributed by atoms with van der Waals surface area (Å²) in [5.74, 6) is 0.0256. The van der Waals surface area contributed by atoms with Crippen LogP contribution in [0.2, 0.25) is 0 Å². The highest BCUT2D eigenvalue weighted by Crippen LogP contribution is 2.24. The molecule has 1 fully saturated rings. The van der Waals surface area contributed by atoms with Crippen molar-refractivity contribution in [1.29, 1.82) is 0 Å². The molecule has 0 bridgehead atoms. The third-order valence-corrected chi connectivity index (χ3v) is 4.83. The van der Waals surface area contributed by atoms with Gasteiger partial charge in [0.25, 0.3) is 0 Å². The van der Waals surface area contributed by atoms with Crippen LogP contribution in [0.3, 0.4) is 0 Å². The fourth-order valence-corrected chi connectivity index (χ4v) is 3.22. The van der Waals surface area contributed by atoms with E-state index in [0.717, 1.165) is 5.69 Å². The summed E-state index contributed by atoms with van der Waals surface area (Å²) in [7, 11) is -2.87. The first kappa shape index (κ1) is 11.9. The molecule has 0 spiro atoms. The Morgan fingerprint density at radius 3 is 2.44 bits per heavy atom. The average Bonchev–Trinajstić information content (AvgIpc) is 2.22. The Morgan fingerprint density at radius 1 is 1.25 bits per heavy atom. The van der Waals surface area contributed by atoms with Crippen molar-refractivity contribution in [3.63, 3.8) is 0 Å². The fraction of sp³-hybridized carbons (Fsp3) is 0.400. The van der Waals surface area contributed by atoms with E-state index in [-0.39, 0.29) is 17.3 Å². The molecule has 1 aromatic rings. The highest BCUT2D eigenvalue weighted by atomic mass is 79.9. The van der Waals surface area contributed by atoms with Gasteiger partial charge in [-0.3, -0.25) is 0 Å². The number of hydrogen-bond acceptors (Lipinski definition) is 3. The zero-order valence-electron chi connectivity index (χ0n) is 8.49. The van der Waals surface area contributed by atoms with Crippen molar-refractivity contribution < 1.29 is 12.8 Å². The van der Waals surface area contributed by atoms with E-state index in [1.165, 1.54) is 6.07 Å². The van der Waals surface area contributed by atoms with Gasteiger partial charge in [0.2, 0.25) is 0 Å². The quantitative estimate of drug-likeness (QED) is 0.794. The largest absolute Gasteiger partial charge is 0.369 e. The normalized spacial score (nSPS) is 19.8. The monoisotopic (exact) mass is 307 g/mol. The molecule has 0 unspecified atom stereocenters. The standard InChI is InChI=1S/C10H11BrFNO2S/c11-9-7-8(1-2-10(9)12)13-3-5-16(14,15)6-4-13/h1-2,7H,3-6H2. The zero-order chi connectivity index (χ0) is 11.8. The van der Waals surface area contributed by atoms with Crippen molar-refractivity contribution in [2.45, 2.75) is 0 Å². The Labute approximate surface area is 102 Å². The summed E-state index contributed by atoms with van der Waals surface area (Å²) in [6, 6.07) is 4.72. The second-order valence-corrected chi connectivity index (χ2v) is 6.90. The van der Waals surface area contributed by atoms with Crippen molar-refractivity contribution in [3.8, 4) is 0 Å². The van der Waals surface area contributed by atoms with Crippen molar-refractivity contribution in [2.24, 2.45) is 0 Å². The molecule has 3 nitrogen and oxygen atoms in total. The average molecular weight is 308 g/mol. The molecule has 0 atom stereocenters. The first-order chi connectivity index (χ1) is 7.48. The summed E-state index contributed by atoms with van der Waals surface area (Å²) < 4.78 is 35.9. The highest BCUT2D eigenvalue weighted by molar-refractivity contribution is 9.10. The van der Waals surface area contributed by atoms with Crippen molar-refractivity contribution in [3.05, 3.63) is 28.5 Å². The molecule has 0 amide bonds. The van der Waals surface area contributed by atoms with Gasteiger partial charge in [0, 0.05) is 18.8 Å². The first-order valence-corrected chi connectivity index (χ1v) is 7.50. The van der Waals surface area contributed by atoms with Gasteiger partial charge in [-0.25, -0.2) is 12.8 Å². The second-order valence-electron chi connectivity index (χ2n) is 3.74. The predicted octanol–water partition coefficient (Wildman–Crippen LogP) is 1.82. The Morgan fingerprint density at radius 2 is 1.88 bits per heavy atom. The molecule has 88 valence electrons. The molecular weight excluding hydrogens is 297 g/mol. The van der Waals surface area contributed by atoms with E-state index in [2.05, 4.69) is 15.9 Å². The summed E-state index contributed by atoms with van der Waals surface area (Å²) in [4.78, 5) is 1.95. The van der Waals surface area contributed by atoms with Gasteiger partial charge in [-0.05, 0) is 34.1 Å². The molecule has 1 heterocycles. The van der Waals surface area contributed by atoms with Crippen LogP contribution in [0.5, 0.6) is 0 Å². The van der Waals surface area contributed by atoms with Gasteiger partial charge in [0.15, 0.2) is 9.84 Å². The summed E-state index contributed by atoms with van der Waals surface area (Å²) in [6.07, 6.45) is 0. The number of halogens is 2. The van der Waals surface area contributed by atoms with E-state index in [4.69, 9.17) is 0 Å². The molecule has 0 radical (unpaired) electrons. The number of hydrogen-bond donors (Lipinski definition) is 0. The molecule has 6 heteroatoms. The van der Waals surface area contributed by atoms with Crippen LogP contribution in [0.15, 0.2) is 22.7 Å². The Bertz CT molecular complexity index is 490. The van der Waals surface area contributed by atoms with Gasteiger partial charge in [0.1, 0.15) is 5.82 Å². The van der Waals surface area contributed by atoms with Crippen molar-refractivity contribution >= 4 is 31.5 Å². The smallest absolute Gasteiger partial charge is 0.153 e. The molecule has 0 aromatic heterocycles. The maximum absolute atomic E-state index is 13.0. The molecule has 1 saturated heterocycles. The molecule has 0 saturated carbocycles. The first-order valence-electron chi connectivity index (χ1n) is 4.88. The van der Waals surface area contributed by atoms with Gasteiger partial charge >= 0.3 is 0 Å². The maximum Gasteiger partial charge on any atom is 0.153 e. The minimum absolute atomic E-state index is 0.169. The Balaban J connectivity index is 2.17. The lowest BCUT2D eigenvalue weighted by Crippen LogP contribution is -2.40. The van der Waals surface area contributed by atoms with Crippen LogP contribution >= 0.6 is 15.9 Å². The number of benzene rings is 1. The van der Waals surface area contributed by atoms with Crippen LogP contribution < -0.4 is 4.90 Å². The maximum atomic E-state index is 13.0. The summed E-state index contributed by atoms with van der Waals surface area (Å²) in [5.41, 5.74) is 0.850. The molecule has 1 aliphatic rings. The van der Waals surface area contributed by atoms with Crippen molar-refractivity contribution in [2.75, 3.05) is 29.5 Å². The fourth-order valence-electron chi connectivity index (χ4n) is 1.65. The van der Waals surface area contributed by atoms with Crippen LogP contribution in [-0.4, -0.2) is 33.0 Å². The van der Waals surface area contributed by atoms with Gasteiger partial charge in [-0.15, -0.1) is 0 Å². The summed E-state index contributed by atoms with van der Waals surface area (Å²) >= 11 is 3.12. The van der Waals surface area contributed by atoms with E-state index in [1.54, 1.807) is 12.1 Å². The zero-order valence-corrected chi connectivity index (χ0v) is 10.9. The van der Waals surface area contributed by atoms with Crippen LogP contribution in [0.25, 0.3) is 0 Å². The lowest BCUT2D eigenvalue weighted by molar-refractivity contribution is 0.586. The lowest BCUT2D eigenvalue weighted by atomic mass is 10.3. The third kappa shape index (κ3) is 2.55. The number of nitrogens with zero attached hydrogens (tertiary/aromatic N) is 1. The topological polar surface area (TPSA) is 37.4 Å². The molecule has 16 heavy (non-hydrogen) atoms. The molecule has 1 aromatic carbocycles. The van der Waals surface area contributed by atoms with Gasteiger partial charge in [-0.1, -0.05) is 0 Å². The minimum Gasteiger partial charge on any atom is -0.369 e. The SMILES string of the molecule is O=S1(=O)CCN(c2ccc(F)c(Br)c2)CC1. The molecule has 0 N–H and O–H groups in total. The second kappa shape index (κ2) is 4.33. The van der Waals surface area contributed by atoms with E-state index in [1.807, 2.05) is 4.90 Å². The van der Waals surface area contributed by atoms with Crippen LogP contribution in [0.1, 0.15) is 0 Å².